The van der Waals surface area contributed by atoms with Gasteiger partial charge < -0.3 is 52.8 Å². The Morgan fingerprint density at radius 1 is 0.961 bits per heavy atom. The first-order chi connectivity index (χ1) is 24.4. The zero-order valence-corrected chi connectivity index (χ0v) is 29.3. The molecule has 1 aliphatic rings. The van der Waals surface area contributed by atoms with E-state index in [9.17, 15) is 24.0 Å². The molecule has 0 aliphatic carbocycles. The molecule has 10 N–H and O–H groups in total. The molecule has 0 aromatic heterocycles. The Morgan fingerprint density at radius 3 is 2.22 bits per heavy atom. The van der Waals surface area contributed by atoms with Crippen molar-refractivity contribution in [1.82, 2.24) is 26.2 Å². The van der Waals surface area contributed by atoms with Crippen LogP contribution in [0.2, 0.25) is 0 Å². The van der Waals surface area contributed by atoms with Crippen molar-refractivity contribution < 1.29 is 33.4 Å². The molecule has 0 saturated carbocycles. The SMILES string of the molecule is CC(=O)N[C@@H](CCCCN)C(=O)N(C)[C@@H]1C(=O)N[C@@H](C)C(=O)N[C@H](C(=O)NCC#N)Cc2ccc(OCCN)c(c2)-c2cc1ccc2OCCN. The first kappa shape index (κ1) is 40.2. The summed E-state index contributed by atoms with van der Waals surface area (Å²) < 4.78 is 12.1. The summed E-state index contributed by atoms with van der Waals surface area (Å²) in [5.41, 5.74) is 19.2. The van der Waals surface area contributed by atoms with Crippen LogP contribution in [0, 0.1) is 11.3 Å². The summed E-state index contributed by atoms with van der Waals surface area (Å²) in [6.07, 6.45) is 1.49. The lowest BCUT2D eigenvalue weighted by Gasteiger charge is -2.32. The molecule has 1 aliphatic heterocycles. The first-order valence-corrected chi connectivity index (χ1v) is 16.9. The highest BCUT2D eigenvalue weighted by Gasteiger charge is 2.35. The average Bonchev–Trinajstić information content (AvgIpc) is 3.11. The molecule has 0 radical (unpaired) electrons. The maximum Gasteiger partial charge on any atom is 0.248 e. The fourth-order valence-electron chi connectivity index (χ4n) is 5.70. The minimum atomic E-state index is -1.30. The van der Waals surface area contributed by atoms with E-state index < -0.39 is 53.7 Å². The molecule has 2 aromatic rings. The summed E-state index contributed by atoms with van der Waals surface area (Å²) in [5, 5.41) is 19.6. The van der Waals surface area contributed by atoms with Crippen LogP contribution >= 0.6 is 0 Å². The van der Waals surface area contributed by atoms with Gasteiger partial charge in [-0.3, -0.25) is 24.0 Å². The van der Waals surface area contributed by atoms with Gasteiger partial charge in [0, 0.05) is 44.6 Å². The first-order valence-electron chi connectivity index (χ1n) is 16.9. The Labute approximate surface area is 297 Å². The van der Waals surface area contributed by atoms with E-state index in [1.807, 2.05) is 6.07 Å². The van der Waals surface area contributed by atoms with E-state index in [0.717, 1.165) is 0 Å². The van der Waals surface area contributed by atoms with Crippen molar-refractivity contribution in [2.75, 3.05) is 46.4 Å². The average molecular weight is 708 g/mol. The van der Waals surface area contributed by atoms with Gasteiger partial charge in [-0.25, -0.2) is 0 Å². The number of rotatable bonds is 15. The molecule has 16 nitrogen and oxygen atoms in total. The number of ether oxygens (including phenoxy) is 2. The van der Waals surface area contributed by atoms with Crippen LogP contribution in [-0.4, -0.2) is 99.0 Å². The van der Waals surface area contributed by atoms with Crippen molar-refractivity contribution in [2.24, 2.45) is 17.2 Å². The van der Waals surface area contributed by atoms with Crippen molar-refractivity contribution in [3.05, 3.63) is 47.5 Å². The number of hydrogen-bond acceptors (Lipinski definition) is 11. The summed E-state index contributed by atoms with van der Waals surface area (Å²) in [4.78, 5) is 68.2. The lowest BCUT2D eigenvalue weighted by Crippen LogP contribution is -2.55. The topological polar surface area (TPSA) is 257 Å². The molecule has 0 fully saturated rings. The van der Waals surface area contributed by atoms with Gasteiger partial charge >= 0.3 is 0 Å². The fourth-order valence-corrected chi connectivity index (χ4v) is 5.70. The molecule has 276 valence electrons. The summed E-state index contributed by atoms with van der Waals surface area (Å²) in [6, 6.07) is 7.56. The lowest BCUT2D eigenvalue weighted by atomic mass is 9.93. The van der Waals surface area contributed by atoms with Crippen LogP contribution in [0.5, 0.6) is 11.5 Å². The second-order valence-corrected chi connectivity index (χ2v) is 12.1. The van der Waals surface area contributed by atoms with Crippen LogP contribution in [0.1, 0.15) is 50.3 Å². The highest BCUT2D eigenvalue weighted by molar-refractivity contribution is 5.96. The third kappa shape index (κ3) is 11.1. The molecule has 1 heterocycles. The Balaban J connectivity index is 2.29. The number of carbonyl (C=O) groups is 5. The van der Waals surface area contributed by atoms with Gasteiger partial charge in [-0.1, -0.05) is 12.1 Å². The molecular formula is C35H49N9O7. The monoisotopic (exact) mass is 707 g/mol. The Hall–Kier alpha value is -5.24. The number of amides is 5. The number of likely N-dealkylation sites (N-methyl/N-ethyl adjacent to an activating group) is 1. The van der Waals surface area contributed by atoms with Crippen LogP contribution in [0.4, 0.5) is 0 Å². The van der Waals surface area contributed by atoms with Crippen LogP contribution < -0.4 is 47.9 Å². The highest BCUT2D eigenvalue weighted by atomic mass is 16.5. The third-order valence-electron chi connectivity index (χ3n) is 8.18. The molecule has 0 unspecified atom stereocenters. The van der Waals surface area contributed by atoms with E-state index in [2.05, 4.69) is 21.3 Å². The summed E-state index contributed by atoms with van der Waals surface area (Å²) >= 11 is 0. The second-order valence-electron chi connectivity index (χ2n) is 12.1. The highest BCUT2D eigenvalue weighted by Crippen LogP contribution is 2.40. The molecule has 5 amide bonds. The van der Waals surface area contributed by atoms with E-state index in [-0.39, 0.29) is 45.7 Å². The third-order valence-corrected chi connectivity index (χ3v) is 8.18. The van der Waals surface area contributed by atoms with Crippen LogP contribution in [-0.2, 0) is 30.4 Å². The van der Waals surface area contributed by atoms with Gasteiger partial charge in [-0.15, -0.1) is 0 Å². The van der Waals surface area contributed by atoms with Gasteiger partial charge in [0.1, 0.15) is 55.4 Å². The molecule has 51 heavy (non-hydrogen) atoms. The molecule has 2 aromatic carbocycles. The van der Waals surface area contributed by atoms with Crippen molar-refractivity contribution in [3.8, 4) is 28.7 Å². The smallest absolute Gasteiger partial charge is 0.248 e. The molecular weight excluding hydrogens is 658 g/mol. The van der Waals surface area contributed by atoms with Crippen molar-refractivity contribution in [1.29, 1.82) is 5.26 Å². The summed E-state index contributed by atoms with van der Waals surface area (Å²) in [5.74, 6) is -2.10. The van der Waals surface area contributed by atoms with Gasteiger partial charge in [0.05, 0.1) is 6.07 Å². The number of nitriles is 1. The van der Waals surface area contributed by atoms with Crippen molar-refractivity contribution in [2.45, 2.75) is 63.7 Å². The van der Waals surface area contributed by atoms with Gasteiger partial charge in [0.15, 0.2) is 0 Å². The van der Waals surface area contributed by atoms with Crippen LogP contribution in [0.15, 0.2) is 36.4 Å². The predicted octanol–water partition coefficient (Wildman–Crippen LogP) is -0.653. The maximum atomic E-state index is 14.2. The molecule has 3 rings (SSSR count). The van der Waals surface area contributed by atoms with Crippen LogP contribution in [0.3, 0.4) is 0 Å². The predicted molar refractivity (Wildman–Crippen MR) is 189 cm³/mol. The molecule has 4 bridgehead atoms. The Bertz CT molecular complexity index is 1600. The lowest BCUT2D eigenvalue weighted by molar-refractivity contribution is -0.143. The number of hydrogen-bond donors (Lipinski definition) is 7. The Kier molecular flexibility index (Phi) is 15.6. The van der Waals surface area contributed by atoms with Crippen LogP contribution in [0.25, 0.3) is 11.1 Å². The van der Waals surface area contributed by atoms with E-state index in [1.165, 1.54) is 25.8 Å². The fraction of sp³-hybridized carbons (Fsp3) is 0.486. The number of fused-ring (bicyclic) bond motifs is 5. The zero-order chi connectivity index (χ0) is 37.5. The second kappa shape index (κ2) is 19.8. The van der Waals surface area contributed by atoms with Crippen molar-refractivity contribution >= 4 is 29.5 Å². The number of nitrogens with two attached hydrogens (primary N) is 3. The number of unbranched alkanes of at least 4 members (excludes halogenated alkanes) is 1. The van der Waals surface area contributed by atoms with Gasteiger partial charge in [-0.2, -0.15) is 5.26 Å². The quantitative estimate of drug-likeness (QED) is 0.0904. The largest absolute Gasteiger partial charge is 0.492 e. The minimum Gasteiger partial charge on any atom is -0.492 e. The number of nitrogens with one attached hydrogen (secondary N) is 4. The van der Waals surface area contributed by atoms with Gasteiger partial charge in [-0.05, 0) is 68.1 Å². The summed E-state index contributed by atoms with van der Waals surface area (Å²) in [6.45, 7) is 3.65. The van der Waals surface area contributed by atoms with Gasteiger partial charge in [0.25, 0.3) is 0 Å². The van der Waals surface area contributed by atoms with E-state index >= 15 is 0 Å². The molecule has 0 saturated heterocycles. The van der Waals surface area contributed by atoms with Crippen molar-refractivity contribution in [3.63, 3.8) is 0 Å². The Morgan fingerprint density at radius 2 is 1.61 bits per heavy atom. The van der Waals surface area contributed by atoms with E-state index in [0.29, 0.717) is 53.1 Å². The molecule has 0 spiro atoms. The number of nitrogens with zero attached hydrogens (tertiary/aromatic N) is 2. The normalized spacial score (nSPS) is 17.8. The van der Waals surface area contributed by atoms with E-state index in [1.54, 1.807) is 36.4 Å². The molecule has 16 heteroatoms. The minimum absolute atomic E-state index is 0.0288. The van der Waals surface area contributed by atoms with Gasteiger partial charge in [0.2, 0.25) is 29.5 Å². The zero-order valence-electron chi connectivity index (χ0n) is 29.3. The molecule has 4 atom stereocenters. The standard InChI is InChI=1S/C35H49N9O7/c1-21-32(46)43-28(33(47)40-15-12-37)19-23-7-9-29(50-16-13-38)25(18-23)26-20-24(8-10-30(26)51-17-14-39)31(34(48)41-21)44(3)35(49)27(42-22(2)45)6-4-5-11-36/h7-10,18,20-21,27-28,31H,4-6,11,13-17,19,36,38-39H2,1-3H3,(H,40,47)(H,41,48)(H,42,45)(H,43,46)/t21-,27-,28-,31-/m0/s1. The van der Waals surface area contributed by atoms with E-state index in [4.69, 9.17) is 31.9 Å². The maximum absolute atomic E-state index is 14.2. The summed E-state index contributed by atoms with van der Waals surface area (Å²) in [7, 11) is 1.45. The number of carbonyl (C=O) groups excluding carboxylic acids is 5. The number of benzene rings is 2.